The molecular weight excluding hydrogens is 369 g/mol. The zero-order valence-electron chi connectivity index (χ0n) is 13.7. The average Bonchev–Trinajstić information content (AvgIpc) is 3.11. The largest absolute Gasteiger partial charge is 0.379 e. The Balaban J connectivity index is 0.00000144. The number of hydrogen-bond donors (Lipinski definition) is 2. The van der Waals surface area contributed by atoms with E-state index in [1.807, 2.05) is 0 Å². The van der Waals surface area contributed by atoms with E-state index in [0.717, 1.165) is 52.2 Å². The number of nitrogens with zero attached hydrogens (tertiary/aromatic N) is 1. The third-order valence-corrected chi connectivity index (χ3v) is 5.47. The minimum absolute atomic E-state index is 0. The Morgan fingerprint density at radius 1 is 1.42 bits per heavy atom. The van der Waals surface area contributed by atoms with Crippen LogP contribution in [0, 0.1) is 5.92 Å². The first-order valence-corrected chi connectivity index (χ1v) is 9.06. The summed E-state index contributed by atoms with van der Waals surface area (Å²) in [6.45, 7) is 5.97. The summed E-state index contributed by atoms with van der Waals surface area (Å²) in [6, 6.07) is 4.52. The van der Waals surface area contributed by atoms with Crippen LogP contribution in [-0.2, 0) is 9.53 Å². The van der Waals surface area contributed by atoms with Gasteiger partial charge in [-0.2, -0.15) is 0 Å². The third-order valence-electron chi connectivity index (χ3n) is 4.50. The average molecular weight is 396 g/mol. The number of nitrogens with one attached hydrogen (secondary N) is 2. The molecule has 2 saturated heterocycles. The highest BCUT2D eigenvalue weighted by Crippen LogP contribution is 2.25. The highest BCUT2D eigenvalue weighted by Gasteiger charge is 2.26. The molecule has 0 radical (unpaired) electrons. The van der Waals surface area contributed by atoms with E-state index in [-0.39, 0.29) is 42.7 Å². The number of piperidine rings is 1. The lowest BCUT2D eigenvalue weighted by atomic mass is 9.99. The number of carbonyl (C=O) groups excluding carboxylic acids is 1. The first kappa shape index (κ1) is 21.7. The zero-order chi connectivity index (χ0) is 15.2. The molecule has 0 saturated carbocycles. The second-order valence-corrected chi connectivity index (χ2v) is 6.95. The molecule has 0 aliphatic carbocycles. The van der Waals surface area contributed by atoms with Crippen molar-refractivity contribution >= 4 is 42.1 Å². The lowest BCUT2D eigenvalue weighted by molar-refractivity contribution is -0.125. The van der Waals surface area contributed by atoms with Gasteiger partial charge in [0.05, 0.1) is 25.2 Å². The van der Waals surface area contributed by atoms with Crippen molar-refractivity contribution in [2.24, 2.45) is 5.92 Å². The van der Waals surface area contributed by atoms with E-state index in [0.29, 0.717) is 6.54 Å². The van der Waals surface area contributed by atoms with Crippen molar-refractivity contribution < 1.29 is 9.53 Å². The van der Waals surface area contributed by atoms with Crippen molar-refractivity contribution in [1.82, 2.24) is 15.5 Å². The smallest absolute Gasteiger partial charge is 0.224 e. The number of carbonyl (C=O) groups is 1. The summed E-state index contributed by atoms with van der Waals surface area (Å²) in [4.78, 5) is 16.1. The Morgan fingerprint density at radius 2 is 2.21 bits per heavy atom. The van der Waals surface area contributed by atoms with Crippen LogP contribution >= 0.6 is 36.2 Å². The normalized spacial score (nSPS) is 22.8. The van der Waals surface area contributed by atoms with Gasteiger partial charge in [-0.05, 0) is 30.8 Å². The Hall–Kier alpha value is -0.370. The van der Waals surface area contributed by atoms with Gasteiger partial charge in [-0.1, -0.05) is 6.07 Å². The van der Waals surface area contributed by atoms with Crippen molar-refractivity contribution in [2.45, 2.75) is 18.9 Å². The molecule has 2 aliphatic heterocycles. The summed E-state index contributed by atoms with van der Waals surface area (Å²) in [6.07, 6.45) is 2.09. The molecule has 3 rings (SSSR count). The summed E-state index contributed by atoms with van der Waals surface area (Å²) < 4.78 is 5.45. The van der Waals surface area contributed by atoms with Crippen LogP contribution in [0.15, 0.2) is 17.5 Å². The van der Waals surface area contributed by atoms with Gasteiger partial charge in [0.15, 0.2) is 0 Å². The van der Waals surface area contributed by atoms with Crippen LogP contribution in [0.3, 0.4) is 0 Å². The molecule has 138 valence electrons. The van der Waals surface area contributed by atoms with Gasteiger partial charge in [0.25, 0.3) is 0 Å². The molecule has 1 unspecified atom stereocenters. The van der Waals surface area contributed by atoms with Crippen molar-refractivity contribution in [3.63, 3.8) is 0 Å². The second-order valence-electron chi connectivity index (χ2n) is 5.97. The first-order valence-electron chi connectivity index (χ1n) is 8.18. The summed E-state index contributed by atoms with van der Waals surface area (Å²) in [5.74, 6) is 0.324. The Labute approximate surface area is 160 Å². The fourth-order valence-electron chi connectivity index (χ4n) is 3.20. The SMILES string of the molecule is Cl.Cl.O=C(NCC(c1cccs1)N1CCOCC1)[C@@H]1CCCNC1. The number of ether oxygens (including phenoxy) is 1. The highest BCUT2D eigenvalue weighted by molar-refractivity contribution is 7.10. The molecule has 2 atom stereocenters. The quantitative estimate of drug-likeness (QED) is 0.800. The van der Waals surface area contributed by atoms with Gasteiger partial charge in [0.1, 0.15) is 0 Å². The molecule has 0 spiro atoms. The van der Waals surface area contributed by atoms with Crippen LogP contribution in [0.25, 0.3) is 0 Å². The van der Waals surface area contributed by atoms with Crippen molar-refractivity contribution in [2.75, 3.05) is 45.9 Å². The maximum absolute atomic E-state index is 12.4. The van der Waals surface area contributed by atoms with Crippen LogP contribution < -0.4 is 10.6 Å². The maximum atomic E-state index is 12.4. The van der Waals surface area contributed by atoms with Crippen LogP contribution in [0.1, 0.15) is 23.8 Å². The van der Waals surface area contributed by atoms with Crippen LogP contribution in [0.2, 0.25) is 0 Å². The lowest BCUT2D eigenvalue weighted by Crippen LogP contribution is -2.46. The Kier molecular flexibility index (Phi) is 10.2. The van der Waals surface area contributed by atoms with Gasteiger partial charge in [0.2, 0.25) is 5.91 Å². The molecule has 2 fully saturated rings. The molecule has 1 amide bonds. The number of amides is 1. The molecule has 0 bridgehead atoms. The Bertz CT molecular complexity index is 464. The minimum atomic E-state index is 0. The fourth-order valence-corrected chi connectivity index (χ4v) is 4.06. The van der Waals surface area contributed by atoms with Crippen molar-refractivity contribution in [1.29, 1.82) is 0 Å². The molecule has 5 nitrogen and oxygen atoms in total. The maximum Gasteiger partial charge on any atom is 0.224 e. The molecule has 1 aromatic rings. The second kappa shape index (κ2) is 11.3. The minimum Gasteiger partial charge on any atom is -0.379 e. The summed E-state index contributed by atoms with van der Waals surface area (Å²) in [7, 11) is 0. The molecule has 8 heteroatoms. The summed E-state index contributed by atoms with van der Waals surface area (Å²) in [5, 5.41) is 8.60. The summed E-state index contributed by atoms with van der Waals surface area (Å²) >= 11 is 1.77. The van der Waals surface area contributed by atoms with Gasteiger partial charge in [0, 0.05) is 31.1 Å². The van der Waals surface area contributed by atoms with Gasteiger partial charge < -0.3 is 15.4 Å². The summed E-state index contributed by atoms with van der Waals surface area (Å²) in [5.41, 5.74) is 0. The molecule has 2 N–H and O–H groups in total. The van der Waals surface area contributed by atoms with Gasteiger partial charge in [-0.15, -0.1) is 36.2 Å². The lowest BCUT2D eigenvalue weighted by Gasteiger charge is -2.34. The topological polar surface area (TPSA) is 53.6 Å². The molecular formula is C16H27Cl2N3O2S. The van der Waals surface area contributed by atoms with E-state index < -0.39 is 0 Å². The van der Waals surface area contributed by atoms with E-state index in [2.05, 4.69) is 33.0 Å². The highest BCUT2D eigenvalue weighted by atomic mass is 35.5. The van der Waals surface area contributed by atoms with E-state index in [4.69, 9.17) is 4.74 Å². The molecule has 2 aliphatic rings. The van der Waals surface area contributed by atoms with Crippen molar-refractivity contribution in [3.8, 4) is 0 Å². The standard InChI is InChI=1S/C16H25N3O2S.2ClH/c20-16(13-3-1-5-17-11-13)18-12-14(15-4-2-10-22-15)19-6-8-21-9-7-19;;/h2,4,10,13-14,17H,1,3,5-9,11-12H2,(H,18,20);2*1H/t13-,14?;;/m1../s1. The van der Waals surface area contributed by atoms with Crippen LogP contribution in [0.4, 0.5) is 0 Å². The number of morpholine rings is 1. The molecule has 24 heavy (non-hydrogen) atoms. The van der Waals surface area contributed by atoms with Gasteiger partial charge >= 0.3 is 0 Å². The number of halogens is 2. The number of rotatable bonds is 5. The monoisotopic (exact) mass is 395 g/mol. The van der Waals surface area contributed by atoms with E-state index in [9.17, 15) is 4.79 Å². The zero-order valence-corrected chi connectivity index (χ0v) is 16.2. The van der Waals surface area contributed by atoms with Gasteiger partial charge in [-0.3, -0.25) is 9.69 Å². The number of thiophene rings is 1. The van der Waals surface area contributed by atoms with Crippen molar-refractivity contribution in [3.05, 3.63) is 22.4 Å². The molecule has 1 aromatic heterocycles. The molecule has 3 heterocycles. The van der Waals surface area contributed by atoms with E-state index >= 15 is 0 Å². The predicted molar refractivity (Wildman–Crippen MR) is 103 cm³/mol. The first-order chi connectivity index (χ1) is 10.8. The fraction of sp³-hybridized carbons (Fsp3) is 0.688. The van der Waals surface area contributed by atoms with Crippen LogP contribution in [0.5, 0.6) is 0 Å². The predicted octanol–water partition coefficient (Wildman–Crippen LogP) is 2.08. The molecule has 0 aromatic carbocycles. The Morgan fingerprint density at radius 3 is 2.83 bits per heavy atom. The van der Waals surface area contributed by atoms with E-state index in [1.54, 1.807) is 11.3 Å². The van der Waals surface area contributed by atoms with Crippen LogP contribution in [-0.4, -0.2) is 56.7 Å². The number of hydrogen-bond acceptors (Lipinski definition) is 5. The van der Waals surface area contributed by atoms with E-state index in [1.165, 1.54) is 4.88 Å². The van der Waals surface area contributed by atoms with Gasteiger partial charge in [-0.25, -0.2) is 0 Å². The third kappa shape index (κ3) is 5.86.